The number of hydrogen-bond acceptors (Lipinski definition) is 6. The van der Waals surface area contributed by atoms with Crippen molar-refractivity contribution in [2.45, 2.75) is 59.4 Å². The molecule has 7 heteroatoms. The van der Waals surface area contributed by atoms with Crippen molar-refractivity contribution in [2.24, 2.45) is 0 Å². The van der Waals surface area contributed by atoms with Gasteiger partial charge in [-0.25, -0.2) is 4.79 Å². The summed E-state index contributed by atoms with van der Waals surface area (Å²) in [4.78, 5) is 11.5. The predicted octanol–water partition coefficient (Wildman–Crippen LogP) is 5.09. The molecule has 0 spiro atoms. The highest BCUT2D eigenvalue weighted by atomic mass is 28.4. The Balaban J connectivity index is 1.74. The highest BCUT2D eigenvalue weighted by Gasteiger charge is 2.39. The number of fused-ring (bicyclic) bond motifs is 1. The van der Waals surface area contributed by atoms with Crippen molar-refractivity contribution in [1.29, 1.82) is 0 Å². The van der Waals surface area contributed by atoms with Crippen molar-refractivity contribution in [3.05, 3.63) is 40.2 Å². The van der Waals surface area contributed by atoms with Gasteiger partial charge in [0.25, 0.3) is 0 Å². The first-order chi connectivity index (χ1) is 14.0. The van der Waals surface area contributed by atoms with E-state index in [0.717, 1.165) is 48.4 Å². The third kappa shape index (κ3) is 7.26. The second kappa shape index (κ2) is 12.1. The number of aryl methyl sites for hydroxylation is 1. The van der Waals surface area contributed by atoms with Crippen molar-refractivity contribution in [3.63, 3.8) is 0 Å². The minimum atomic E-state index is -2.52. The maximum Gasteiger partial charge on any atom is 0.500 e. The molecule has 0 saturated heterocycles. The van der Waals surface area contributed by atoms with E-state index in [9.17, 15) is 4.79 Å². The molecule has 2 rings (SSSR count). The van der Waals surface area contributed by atoms with Crippen LogP contribution in [0.15, 0.2) is 33.5 Å². The minimum absolute atomic E-state index is 0.335. The van der Waals surface area contributed by atoms with E-state index in [1.54, 1.807) is 6.07 Å². The van der Waals surface area contributed by atoms with E-state index < -0.39 is 8.80 Å². The third-order valence-corrected chi connectivity index (χ3v) is 7.81. The molecule has 1 aromatic carbocycles. The maximum atomic E-state index is 11.5. The summed E-state index contributed by atoms with van der Waals surface area (Å²) in [5.41, 5.74) is 1.14. The van der Waals surface area contributed by atoms with Gasteiger partial charge in [0.2, 0.25) is 0 Å². The van der Waals surface area contributed by atoms with E-state index in [4.69, 9.17) is 22.4 Å². The lowest BCUT2D eigenvalue weighted by Gasteiger charge is -2.28. The highest BCUT2D eigenvalue weighted by Crippen LogP contribution is 2.23. The van der Waals surface area contributed by atoms with Crippen LogP contribution < -0.4 is 10.4 Å². The quantitative estimate of drug-likeness (QED) is 0.240. The Morgan fingerprint density at radius 3 is 2.21 bits per heavy atom. The summed E-state index contributed by atoms with van der Waals surface area (Å²) in [5.74, 6) is 0.724. The molecular weight excluding hydrogens is 388 g/mol. The fourth-order valence-corrected chi connectivity index (χ4v) is 6.07. The Morgan fingerprint density at radius 2 is 1.55 bits per heavy atom. The molecular formula is C22H34O6Si. The predicted molar refractivity (Wildman–Crippen MR) is 117 cm³/mol. The zero-order chi connectivity index (χ0) is 21.1. The second-order valence-corrected chi connectivity index (χ2v) is 9.63. The Morgan fingerprint density at radius 1 is 0.897 bits per heavy atom. The van der Waals surface area contributed by atoms with Gasteiger partial charge < -0.3 is 22.4 Å². The molecule has 29 heavy (non-hydrogen) atoms. The molecule has 1 heterocycles. The van der Waals surface area contributed by atoms with Crippen molar-refractivity contribution >= 4 is 19.8 Å². The van der Waals surface area contributed by atoms with E-state index in [1.807, 2.05) is 39.8 Å². The van der Waals surface area contributed by atoms with Gasteiger partial charge in [0.05, 0.1) is 6.61 Å². The van der Waals surface area contributed by atoms with Crippen LogP contribution >= 0.6 is 0 Å². The van der Waals surface area contributed by atoms with E-state index in [1.165, 1.54) is 6.07 Å². The van der Waals surface area contributed by atoms with Gasteiger partial charge in [0.15, 0.2) is 0 Å². The van der Waals surface area contributed by atoms with E-state index in [0.29, 0.717) is 32.0 Å². The molecule has 0 aliphatic carbocycles. The molecule has 0 saturated carbocycles. The Labute approximate surface area is 174 Å². The second-order valence-electron chi connectivity index (χ2n) is 6.90. The van der Waals surface area contributed by atoms with Crippen LogP contribution in [0, 0.1) is 6.92 Å². The molecule has 6 nitrogen and oxygen atoms in total. The fraction of sp³-hybridized carbons (Fsp3) is 0.591. The molecule has 0 amide bonds. The summed E-state index contributed by atoms with van der Waals surface area (Å²) < 4.78 is 28.8. The molecule has 0 aliphatic rings. The van der Waals surface area contributed by atoms with Gasteiger partial charge >= 0.3 is 14.4 Å². The standard InChI is InChI=1S/C22H34O6Si/c1-5-25-29(26-6-2,27-7-3)15-11-9-8-10-14-24-19-12-13-20-18(4)16-22(23)28-21(20)17-19/h12-13,16-17H,5-11,14-15H2,1-4H3. The minimum Gasteiger partial charge on any atom is -0.493 e. The van der Waals surface area contributed by atoms with Gasteiger partial charge in [-0.3, -0.25) is 0 Å². The number of unbranched alkanes of at least 4 members (excludes halogenated alkanes) is 3. The molecule has 162 valence electrons. The Bertz CT molecular complexity index is 786. The summed E-state index contributed by atoms with van der Waals surface area (Å²) in [7, 11) is -2.52. The van der Waals surface area contributed by atoms with Crippen LogP contribution in [-0.2, 0) is 13.3 Å². The molecule has 0 fully saturated rings. The SMILES string of the molecule is CCO[Si](CCCCCCOc1ccc2c(C)cc(=O)oc2c1)(OCC)OCC. The Hall–Kier alpha value is -1.67. The van der Waals surface area contributed by atoms with Crippen LogP contribution in [0.2, 0.25) is 6.04 Å². The normalized spacial score (nSPS) is 11.9. The molecule has 0 radical (unpaired) electrons. The lowest BCUT2D eigenvalue weighted by Crippen LogP contribution is -2.45. The summed E-state index contributed by atoms with van der Waals surface area (Å²) in [6.07, 6.45) is 4.13. The van der Waals surface area contributed by atoms with Gasteiger partial charge in [-0.15, -0.1) is 0 Å². The number of hydrogen-bond donors (Lipinski definition) is 0. The molecule has 0 aliphatic heterocycles. The van der Waals surface area contributed by atoms with Gasteiger partial charge in [-0.2, -0.15) is 0 Å². The van der Waals surface area contributed by atoms with Crippen molar-refractivity contribution in [3.8, 4) is 5.75 Å². The molecule has 0 bridgehead atoms. The molecule has 2 aromatic rings. The van der Waals surface area contributed by atoms with E-state index in [2.05, 4.69) is 0 Å². The average molecular weight is 423 g/mol. The first kappa shape index (κ1) is 23.6. The maximum absolute atomic E-state index is 11.5. The van der Waals surface area contributed by atoms with Crippen LogP contribution in [0.25, 0.3) is 11.0 Å². The number of rotatable bonds is 14. The average Bonchev–Trinajstić information content (AvgIpc) is 2.67. The summed E-state index contributed by atoms with van der Waals surface area (Å²) in [6, 6.07) is 8.00. The summed E-state index contributed by atoms with van der Waals surface area (Å²) in [6.45, 7) is 10.3. The van der Waals surface area contributed by atoms with Crippen LogP contribution in [0.1, 0.15) is 52.0 Å². The lowest BCUT2D eigenvalue weighted by atomic mass is 10.1. The van der Waals surface area contributed by atoms with Crippen LogP contribution in [0.3, 0.4) is 0 Å². The highest BCUT2D eigenvalue weighted by molar-refractivity contribution is 6.60. The largest absolute Gasteiger partial charge is 0.500 e. The number of ether oxygens (including phenoxy) is 1. The Kier molecular flexibility index (Phi) is 9.87. The van der Waals surface area contributed by atoms with Crippen molar-refractivity contribution in [2.75, 3.05) is 26.4 Å². The first-order valence-electron chi connectivity index (χ1n) is 10.6. The van der Waals surface area contributed by atoms with E-state index in [-0.39, 0.29) is 5.63 Å². The summed E-state index contributed by atoms with van der Waals surface area (Å²) in [5, 5.41) is 0.933. The fourth-order valence-electron chi connectivity index (χ4n) is 3.38. The topological polar surface area (TPSA) is 67.1 Å². The van der Waals surface area contributed by atoms with Crippen LogP contribution in [0.4, 0.5) is 0 Å². The summed E-state index contributed by atoms with van der Waals surface area (Å²) >= 11 is 0. The van der Waals surface area contributed by atoms with Gasteiger partial charge in [-0.05, 0) is 58.2 Å². The first-order valence-corrected chi connectivity index (χ1v) is 12.6. The van der Waals surface area contributed by atoms with Crippen LogP contribution in [0.5, 0.6) is 5.75 Å². The lowest BCUT2D eigenvalue weighted by molar-refractivity contribution is 0.0706. The molecule has 0 atom stereocenters. The van der Waals surface area contributed by atoms with Crippen LogP contribution in [-0.4, -0.2) is 35.2 Å². The van der Waals surface area contributed by atoms with Gasteiger partial charge in [-0.1, -0.05) is 12.8 Å². The zero-order valence-corrected chi connectivity index (χ0v) is 19.1. The molecule has 0 unspecified atom stereocenters. The van der Waals surface area contributed by atoms with Crippen molar-refractivity contribution in [1.82, 2.24) is 0 Å². The third-order valence-electron chi connectivity index (χ3n) is 4.66. The smallest absolute Gasteiger partial charge is 0.493 e. The molecule has 1 aromatic heterocycles. The van der Waals surface area contributed by atoms with Gasteiger partial charge in [0, 0.05) is 43.4 Å². The molecule has 0 N–H and O–H groups in total. The number of benzene rings is 1. The monoisotopic (exact) mass is 422 g/mol. The zero-order valence-electron chi connectivity index (χ0n) is 18.1. The van der Waals surface area contributed by atoms with Crippen molar-refractivity contribution < 1.29 is 22.4 Å². The van der Waals surface area contributed by atoms with Gasteiger partial charge in [0.1, 0.15) is 11.3 Å². The van der Waals surface area contributed by atoms with E-state index >= 15 is 0 Å².